The number of aryl methyl sites for hydroxylation is 1. The van der Waals surface area contributed by atoms with Gasteiger partial charge in [-0.15, -0.1) is 0 Å². The highest BCUT2D eigenvalue weighted by Gasteiger charge is 2.13. The highest BCUT2D eigenvalue weighted by Crippen LogP contribution is 2.22. The molecule has 144 valence electrons. The Morgan fingerprint density at radius 2 is 1.75 bits per heavy atom. The van der Waals surface area contributed by atoms with Gasteiger partial charge in [0.2, 0.25) is 0 Å². The number of hydrogen-bond acceptors (Lipinski definition) is 4. The molecule has 0 unspecified atom stereocenters. The molecule has 0 aliphatic heterocycles. The Morgan fingerprint density at radius 1 is 1.04 bits per heavy atom. The molecule has 9 heteroatoms. The quantitative estimate of drug-likeness (QED) is 0.622. The number of fused-ring (bicyclic) bond motifs is 1. The third-order valence-electron chi connectivity index (χ3n) is 3.99. The number of halogens is 2. The molecule has 2 heterocycles. The number of amides is 2. The van der Waals surface area contributed by atoms with Crippen molar-refractivity contribution in [3.8, 4) is 0 Å². The van der Waals surface area contributed by atoms with E-state index in [-0.39, 0.29) is 29.6 Å². The molecule has 2 amide bonds. The van der Waals surface area contributed by atoms with Gasteiger partial charge in [-0.1, -0.05) is 23.2 Å². The van der Waals surface area contributed by atoms with Gasteiger partial charge in [-0.2, -0.15) is 0 Å². The number of benzene rings is 1. The minimum atomic E-state index is -0.559. The van der Waals surface area contributed by atoms with E-state index in [0.717, 1.165) is 5.56 Å². The molecule has 0 aliphatic rings. The number of nitrogens with zero attached hydrogens (tertiary/aromatic N) is 2. The normalized spacial score (nSPS) is 10.7. The van der Waals surface area contributed by atoms with E-state index in [1.54, 1.807) is 24.4 Å². The van der Waals surface area contributed by atoms with Gasteiger partial charge in [0, 0.05) is 31.0 Å². The van der Waals surface area contributed by atoms with E-state index in [1.165, 1.54) is 22.7 Å². The van der Waals surface area contributed by atoms with Crippen molar-refractivity contribution < 1.29 is 9.59 Å². The second-order valence-corrected chi connectivity index (χ2v) is 6.86. The van der Waals surface area contributed by atoms with Crippen molar-refractivity contribution >= 4 is 40.7 Å². The minimum absolute atomic E-state index is 0.0721. The zero-order valence-electron chi connectivity index (χ0n) is 14.8. The first-order valence-corrected chi connectivity index (χ1v) is 9.12. The van der Waals surface area contributed by atoms with Crippen molar-refractivity contribution in [2.45, 2.75) is 6.92 Å². The Bertz CT molecular complexity index is 1130. The zero-order chi connectivity index (χ0) is 20.3. The number of pyridine rings is 1. The number of rotatable bonds is 5. The van der Waals surface area contributed by atoms with E-state index in [2.05, 4.69) is 15.6 Å². The van der Waals surface area contributed by atoms with Gasteiger partial charge in [0.25, 0.3) is 17.4 Å². The zero-order valence-corrected chi connectivity index (χ0v) is 16.3. The highest BCUT2D eigenvalue weighted by atomic mass is 35.5. The smallest absolute Gasteiger partial charge is 0.270 e. The molecule has 28 heavy (non-hydrogen) atoms. The van der Waals surface area contributed by atoms with Gasteiger partial charge in [0.1, 0.15) is 11.2 Å². The molecule has 2 N–H and O–H groups in total. The van der Waals surface area contributed by atoms with Crippen LogP contribution in [0.3, 0.4) is 0 Å². The first kappa shape index (κ1) is 19.9. The van der Waals surface area contributed by atoms with E-state index >= 15 is 0 Å². The highest BCUT2D eigenvalue weighted by molar-refractivity contribution is 6.42. The van der Waals surface area contributed by atoms with Crippen LogP contribution in [0.1, 0.15) is 26.3 Å². The largest absolute Gasteiger partial charge is 0.350 e. The standard InChI is InChI=1S/C19H16Cl2N4O3/c1-11-4-7-25-16(8-11)24-10-13(19(25)28)18(27)23-6-5-22-17(26)12-2-3-14(20)15(21)9-12/h2-4,7-10H,5-6H2,1H3,(H,22,26)(H,23,27). The van der Waals surface area contributed by atoms with Gasteiger partial charge >= 0.3 is 0 Å². The lowest BCUT2D eigenvalue weighted by atomic mass is 10.2. The molecule has 0 radical (unpaired) electrons. The molecule has 0 saturated carbocycles. The van der Waals surface area contributed by atoms with Crippen molar-refractivity contribution in [1.82, 2.24) is 20.0 Å². The summed E-state index contributed by atoms with van der Waals surface area (Å²) < 4.78 is 1.31. The van der Waals surface area contributed by atoms with E-state index in [0.29, 0.717) is 16.2 Å². The van der Waals surface area contributed by atoms with Crippen molar-refractivity contribution in [1.29, 1.82) is 0 Å². The van der Waals surface area contributed by atoms with Gasteiger partial charge in [-0.3, -0.25) is 18.8 Å². The van der Waals surface area contributed by atoms with Crippen LogP contribution < -0.4 is 16.2 Å². The second-order valence-electron chi connectivity index (χ2n) is 6.05. The number of carbonyl (C=O) groups is 2. The van der Waals surface area contributed by atoms with Crippen molar-refractivity contribution in [2.24, 2.45) is 0 Å². The molecule has 0 aliphatic carbocycles. The van der Waals surface area contributed by atoms with Crippen molar-refractivity contribution in [3.05, 3.63) is 79.8 Å². The Labute approximate surface area is 170 Å². The molecule has 3 rings (SSSR count). The van der Waals surface area contributed by atoms with Crippen LogP contribution in [0.2, 0.25) is 10.0 Å². The average molecular weight is 419 g/mol. The number of nitrogens with one attached hydrogen (secondary N) is 2. The van der Waals surface area contributed by atoms with Crippen LogP contribution in [0.25, 0.3) is 5.65 Å². The number of hydrogen-bond donors (Lipinski definition) is 2. The lowest BCUT2D eigenvalue weighted by molar-refractivity contribution is 0.0926. The second kappa shape index (κ2) is 8.41. The molecule has 0 saturated heterocycles. The molecule has 0 atom stereocenters. The lowest BCUT2D eigenvalue weighted by Crippen LogP contribution is -2.37. The maximum Gasteiger partial charge on any atom is 0.270 e. The fourth-order valence-electron chi connectivity index (χ4n) is 2.52. The summed E-state index contributed by atoms with van der Waals surface area (Å²) in [5.74, 6) is -0.910. The maximum atomic E-state index is 12.4. The first-order chi connectivity index (χ1) is 13.4. The van der Waals surface area contributed by atoms with Crippen molar-refractivity contribution in [2.75, 3.05) is 13.1 Å². The monoisotopic (exact) mass is 418 g/mol. The first-order valence-electron chi connectivity index (χ1n) is 8.36. The lowest BCUT2D eigenvalue weighted by Gasteiger charge is -2.08. The molecule has 7 nitrogen and oxygen atoms in total. The fraction of sp³-hybridized carbons (Fsp3) is 0.158. The summed E-state index contributed by atoms with van der Waals surface area (Å²) in [6.07, 6.45) is 2.83. The minimum Gasteiger partial charge on any atom is -0.350 e. The number of aromatic nitrogens is 2. The molecule has 2 aromatic heterocycles. The number of carbonyl (C=O) groups excluding carboxylic acids is 2. The summed E-state index contributed by atoms with van der Waals surface area (Å²) in [5.41, 5.74) is 1.25. The Kier molecular flexibility index (Phi) is 5.96. The predicted octanol–water partition coefficient (Wildman–Crippen LogP) is 2.47. The maximum absolute atomic E-state index is 12.4. The van der Waals surface area contributed by atoms with Gasteiger partial charge in [-0.05, 0) is 42.8 Å². The SMILES string of the molecule is Cc1ccn2c(=O)c(C(=O)NCCNC(=O)c3ccc(Cl)c(Cl)c3)cnc2c1. The summed E-state index contributed by atoms with van der Waals surface area (Å²) in [5, 5.41) is 5.87. The van der Waals surface area contributed by atoms with Crippen LogP contribution in [0.5, 0.6) is 0 Å². The van der Waals surface area contributed by atoms with E-state index < -0.39 is 11.5 Å². The Balaban J connectivity index is 1.58. The van der Waals surface area contributed by atoms with Crippen LogP contribution in [-0.4, -0.2) is 34.3 Å². The Morgan fingerprint density at radius 3 is 2.46 bits per heavy atom. The summed E-state index contributed by atoms with van der Waals surface area (Å²) >= 11 is 11.7. The van der Waals surface area contributed by atoms with E-state index in [9.17, 15) is 14.4 Å². The van der Waals surface area contributed by atoms with Gasteiger partial charge < -0.3 is 10.6 Å². The van der Waals surface area contributed by atoms with Crippen molar-refractivity contribution in [3.63, 3.8) is 0 Å². The molecule has 0 fully saturated rings. The van der Waals surface area contributed by atoms with Gasteiger partial charge in [0.15, 0.2) is 0 Å². The average Bonchev–Trinajstić information content (AvgIpc) is 2.67. The summed E-state index contributed by atoms with van der Waals surface area (Å²) in [7, 11) is 0. The third-order valence-corrected chi connectivity index (χ3v) is 4.73. The topological polar surface area (TPSA) is 92.6 Å². The van der Waals surface area contributed by atoms with Crippen LogP contribution >= 0.6 is 23.2 Å². The third kappa shape index (κ3) is 4.32. The molecule has 0 spiro atoms. The predicted molar refractivity (Wildman–Crippen MR) is 107 cm³/mol. The van der Waals surface area contributed by atoms with Gasteiger partial charge in [0.05, 0.1) is 10.0 Å². The summed E-state index contributed by atoms with van der Waals surface area (Å²) in [6, 6.07) is 8.05. The van der Waals surface area contributed by atoms with Crippen LogP contribution in [0, 0.1) is 6.92 Å². The molecule has 3 aromatic rings. The molecule has 0 bridgehead atoms. The molecule has 1 aromatic carbocycles. The Hall–Kier alpha value is -2.90. The molecular formula is C19H16Cl2N4O3. The molecular weight excluding hydrogens is 403 g/mol. The van der Waals surface area contributed by atoms with E-state index in [1.807, 2.05) is 6.92 Å². The van der Waals surface area contributed by atoms with Crippen LogP contribution in [0.15, 0.2) is 47.5 Å². The van der Waals surface area contributed by atoms with Crippen LogP contribution in [0.4, 0.5) is 0 Å². The van der Waals surface area contributed by atoms with Crippen LogP contribution in [-0.2, 0) is 0 Å². The fourth-order valence-corrected chi connectivity index (χ4v) is 2.82. The summed E-state index contributed by atoms with van der Waals surface area (Å²) in [4.78, 5) is 40.9. The van der Waals surface area contributed by atoms with E-state index in [4.69, 9.17) is 23.2 Å². The summed E-state index contributed by atoms with van der Waals surface area (Å²) in [6.45, 7) is 2.20. The van der Waals surface area contributed by atoms with Gasteiger partial charge in [-0.25, -0.2) is 4.98 Å².